The van der Waals surface area contributed by atoms with Crippen molar-refractivity contribution in [3.8, 4) is 0 Å². The molecule has 1 atom stereocenters. The molecule has 19 heavy (non-hydrogen) atoms. The number of benzene rings is 2. The minimum absolute atomic E-state index is 0.0973. The van der Waals surface area contributed by atoms with Gasteiger partial charge in [-0.15, -0.1) is 0 Å². The van der Waals surface area contributed by atoms with E-state index in [1.165, 1.54) is 12.1 Å². The number of halogens is 1. The van der Waals surface area contributed by atoms with Crippen molar-refractivity contribution in [1.82, 2.24) is 0 Å². The van der Waals surface area contributed by atoms with Crippen molar-refractivity contribution in [2.45, 2.75) is 12.8 Å². The highest BCUT2D eigenvalue weighted by Crippen LogP contribution is 2.18. The number of hydrogen-bond donors (Lipinski definition) is 1. The summed E-state index contributed by atoms with van der Waals surface area (Å²) in [5.41, 5.74) is 7.20. The Morgan fingerprint density at radius 2 is 1.95 bits per heavy atom. The van der Waals surface area contributed by atoms with Crippen molar-refractivity contribution in [1.29, 1.82) is 0 Å². The molecule has 0 aliphatic heterocycles. The summed E-state index contributed by atoms with van der Waals surface area (Å²) in [6, 6.07) is 13.2. The SMILES string of the molecule is CC(CN)c1cccc(C(=O)c2ccccc2F)c1. The van der Waals surface area contributed by atoms with E-state index in [0.717, 1.165) is 5.56 Å². The Bertz CT molecular complexity index is 595. The molecule has 0 aliphatic carbocycles. The fourth-order valence-corrected chi connectivity index (χ4v) is 1.92. The summed E-state index contributed by atoms with van der Waals surface area (Å²) in [5.74, 6) is -0.623. The zero-order chi connectivity index (χ0) is 13.8. The van der Waals surface area contributed by atoms with Crippen molar-refractivity contribution in [2.75, 3.05) is 6.54 Å². The van der Waals surface area contributed by atoms with Crippen LogP contribution in [0.3, 0.4) is 0 Å². The van der Waals surface area contributed by atoms with Crippen LogP contribution in [0.4, 0.5) is 4.39 Å². The summed E-state index contributed by atoms with van der Waals surface area (Å²) in [6.07, 6.45) is 0. The van der Waals surface area contributed by atoms with E-state index in [4.69, 9.17) is 5.73 Å². The molecule has 98 valence electrons. The van der Waals surface area contributed by atoms with Gasteiger partial charge in [-0.25, -0.2) is 4.39 Å². The molecule has 0 bridgehead atoms. The van der Waals surface area contributed by atoms with Gasteiger partial charge in [0.25, 0.3) is 0 Å². The van der Waals surface area contributed by atoms with Gasteiger partial charge in [0, 0.05) is 5.56 Å². The molecular weight excluding hydrogens is 241 g/mol. The topological polar surface area (TPSA) is 43.1 Å². The fourth-order valence-electron chi connectivity index (χ4n) is 1.92. The summed E-state index contributed by atoms with van der Waals surface area (Å²) in [5, 5.41) is 0. The highest BCUT2D eigenvalue weighted by molar-refractivity contribution is 6.09. The van der Waals surface area contributed by atoms with Gasteiger partial charge in [-0.2, -0.15) is 0 Å². The lowest BCUT2D eigenvalue weighted by molar-refractivity contribution is 0.103. The van der Waals surface area contributed by atoms with Gasteiger partial charge in [-0.3, -0.25) is 4.79 Å². The van der Waals surface area contributed by atoms with E-state index in [1.54, 1.807) is 30.3 Å². The first-order chi connectivity index (χ1) is 9.13. The molecule has 0 heterocycles. The van der Waals surface area contributed by atoms with Crippen LogP contribution in [0.1, 0.15) is 34.3 Å². The third-order valence-corrected chi connectivity index (χ3v) is 3.19. The second-order valence-electron chi connectivity index (χ2n) is 4.57. The predicted octanol–water partition coefficient (Wildman–Crippen LogP) is 3.12. The number of rotatable bonds is 4. The zero-order valence-corrected chi connectivity index (χ0v) is 10.8. The second-order valence-corrected chi connectivity index (χ2v) is 4.57. The number of carbonyl (C=O) groups excluding carboxylic acids is 1. The molecule has 2 aromatic rings. The van der Waals surface area contributed by atoms with Gasteiger partial charge in [0.1, 0.15) is 5.82 Å². The summed E-state index contributed by atoms with van der Waals surface area (Å²) in [4.78, 5) is 12.3. The highest BCUT2D eigenvalue weighted by atomic mass is 19.1. The average Bonchev–Trinajstić information content (AvgIpc) is 2.46. The van der Waals surface area contributed by atoms with E-state index in [9.17, 15) is 9.18 Å². The van der Waals surface area contributed by atoms with Crippen LogP contribution in [0.2, 0.25) is 0 Å². The van der Waals surface area contributed by atoms with Crippen LogP contribution in [-0.2, 0) is 0 Å². The van der Waals surface area contributed by atoms with Gasteiger partial charge < -0.3 is 5.73 Å². The summed E-state index contributed by atoms with van der Waals surface area (Å²) < 4.78 is 13.6. The Balaban J connectivity index is 2.37. The standard InChI is InChI=1S/C16H16FNO/c1-11(10-18)12-5-4-6-13(9-12)16(19)14-7-2-3-8-15(14)17/h2-9,11H,10,18H2,1H3. The first kappa shape index (κ1) is 13.4. The van der Waals surface area contributed by atoms with Gasteiger partial charge in [-0.1, -0.05) is 37.3 Å². The molecule has 0 spiro atoms. The van der Waals surface area contributed by atoms with Gasteiger partial charge in [0.15, 0.2) is 5.78 Å². The Hall–Kier alpha value is -2.00. The van der Waals surface area contributed by atoms with E-state index < -0.39 is 5.82 Å². The molecule has 3 heteroatoms. The maximum atomic E-state index is 13.6. The third kappa shape index (κ3) is 2.88. The molecule has 1 unspecified atom stereocenters. The summed E-state index contributed by atoms with van der Waals surface area (Å²) in [7, 11) is 0. The Morgan fingerprint density at radius 3 is 2.63 bits per heavy atom. The summed E-state index contributed by atoms with van der Waals surface area (Å²) in [6.45, 7) is 2.50. The van der Waals surface area contributed by atoms with Crippen LogP contribution in [-0.4, -0.2) is 12.3 Å². The molecule has 2 aromatic carbocycles. The van der Waals surface area contributed by atoms with E-state index in [0.29, 0.717) is 12.1 Å². The molecular formula is C16H16FNO. The second kappa shape index (κ2) is 5.76. The van der Waals surface area contributed by atoms with Crippen molar-refractivity contribution < 1.29 is 9.18 Å². The minimum atomic E-state index is -0.496. The maximum Gasteiger partial charge on any atom is 0.195 e. The van der Waals surface area contributed by atoms with Gasteiger partial charge >= 0.3 is 0 Å². The monoisotopic (exact) mass is 257 g/mol. The van der Waals surface area contributed by atoms with Crippen molar-refractivity contribution >= 4 is 5.78 Å². The third-order valence-electron chi connectivity index (χ3n) is 3.19. The lowest BCUT2D eigenvalue weighted by Crippen LogP contribution is -2.10. The molecule has 0 saturated carbocycles. The Morgan fingerprint density at radius 1 is 1.21 bits per heavy atom. The van der Waals surface area contributed by atoms with Crippen LogP contribution < -0.4 is 5.73 Å². The smallest absolute Gasteiger partial charge is 0.195 e. The largest absolute Gasteiger partial charge is 0.330 e. The highest BCUT2D eigenvalue weighted by Gasteiger charge is 2.14. The molecule has 0 aliphatic rings. The van der Waals surface area contributed by atoms with Gasteiger partial charge in [0.2, 0.25) is 0 Å². The summed E-state index contributed by atoms with van der Waals surface area (Å²) >= 11 is 0. The first-order valence-corrected chi connectivity index (χ1v) is 6.22. The predicted molar refractivity (Wildman–Crippen MR) is 73.7 cm³/mol. The van der Waals surface area contributed by atoms with Crippen molar-refractivity contribution in [3.05, 3.63) is 71.0 Å². The van der Waals surface area contributed by atoms with Crippen LogP contribution >= 0.6 is 0 Å². The van der Waals surface area contributed by atoms with E-state index in [2.05, 4.69) is 0 Å². The van der Waals surface area contributed by atoms with Crippen molar-refractivity contribution in [2.24, 2.45) is 5.73 Å². The van der Waals surface area contributed by atoms with Gasteiger partial charge in [0.05, 0.1) is 5.56 Å². The zero-order valence-electron chi connectivity index (χ0n) is 10.8. The number of hydrogen-bond acceptors (Lipinski definition) is 2. The molecule has 0 aromatic heterocycles. The molecule has 0 amide bonds. The van der Waals surface area contributed by atoms with Crippen LogP contribution in [0.5, 0.6) is 0 Å². The van der Waals surface area contributed by atoms with E-state index >= 15 is 0 Å². The first-order valence-electron chi connectivity index (χ1n) is 6.22. The number of nitrogens with two attached hydrogens (primary N) is 1. The van der Waals surface area contributed by atoms with Crippen LogP contribution in [0.15, 0.2) is 48.5 Å². The molecule has 2 rings (SSSR count). The molecule has 2 N–H and O–H groups in total. The van der Waals surface area contributed by atoms with E-state index in [-0.39, 0.29) is 17.3 Å². The molecule has 2 nitrogen and oxygen atoms in total. The lowest BCUT2D eigenvalue weighted by Gasteiger charge is -2.10. The van der Waals surface area contributed by atoms with Gasteiger partial charge in [-0.05, 0) is 36.2 Å². The van der Waals surface area contributed by atoms with Crippen molar-refractivity contribution in [3.63, 3.8) is 0 Å². The lowest BCUT2D eigenvalue weighted by atomic mass is 9.96. The average molecular weight is 257 g/mol. The number of ketones is 1. The van der Waals surface area contributed by atoms with Crippen LogP contribution in [0, 0.1) is 5.82 Å². The fraction of sp³-hybridized carbons (Fsp3) is 0.188. The molecule has 0 saturated heterocycles. The van der Waals surface area contributed by atoms with E-state index in [1.807, 2.05) is 13.0 Å². The Labute approximate surface area is 112 Å². The quantitative estimate of drug-likeness (QED) is 0.855. The maximum absolute atomic E-state index is 13.6. The normalized spacial score (nSPS) is 12.2. The van der Waals surface area contributed by atoms with Crippen LogP contribution in [0.25, 0.3) is 0 Å². The molecule has 0 fully saturated rings. The molecule has 0 radical (unpaired) electrons. The number of carbonyl (C=O) groups is 1. The Kier molecular flexibility index (Phi) is 4.07. The minimum Gasteiger partial charge on any atom is -0.330 e.